The fourth-order valence-corrected chi connectivity index (χ4v) is 12.5. The molecule has 3 heteroatoms. The molecule has 1 heterocycles. The Morgan fingerprint density at radius 2 is 0.897 bits per heavy atom. The van der Waals surface area contributed by atoms with Gasteiger partial charge in [-0.25, -0.2) is 0 Å². The van der Waals surface area contributed by atoms with Gasteiger partial charge in [0, 0.05) is 48.3 Å². The maximum Gasteiger partial charge on any atom is 0.0505 e. The van der Waals surface area contributed by atoms with E-state index in [9.17, 15) is 0 Å². The fourth-order valence-electron chi connectivity index (χ4n) is 11.3. The first-order valence-corrected chi connectivity index (χ1v) is 21.6. The van der Waals surface area contributed by atoms with Crippen molar-refractivity contribution in [2.24, 2.45) is 11.8 Å². The molecule has 0 aliphatic heterocycles. The van der Waals surface area contributed by atoms with Crippen LogP contribution in [0.25, 0.3) is 31.3 Å². The summed E-state index contributed by atoms with van der Waals surface area (Å²) >= 11 is 1.90. The summed E-state index contributed by atoms with van der Waals surface area (Å²) < 4.78 is 2.66. The van der Waals surface area contributed by atoms with Crippen LogP contribution in [0.3, 0.4) is 0 Å². The van der Waals surface area contributed by atoms with E-state index >= 15 is 0 Å². The number of fused-ring (bicyclic) bond motifs is 5. The van der Waals surface area contributed by atoms with E-state index in [1.807, 2.05) is 11.3 Å². The van der Waals surface area contributed by atoms with Gasteiger partial charge in [0.1, 0.15) is 0 Å². The van der Waals surface area contributed by atoms with Gasteiger partial charge in [-0.05, 0) is 138 Å². The summed E-state index contributed by atoms with van der Waals surface area (Å²) in [5.74, 6) is 1.07. The molecule has 1 spiro atoms. The number of benzene rings is 8. The highest BCUT2D eigenvalue weighted by Crippen LogP contribution is 2.69. The first-order chi connectivity index (χ1) is 28.8. The monoisotopic (exact) mass is 762 g/mol. The molecule has 3 unspecified atom stereocenters. The van der Waals surface area contributed by atoms with Gasteiger partial charge in [-0.1, -0.05) is 127 Å². The Bertz CT molecular complexity index is 2980. The minimum absolute atomic E-state index is 0.114. The van der Waals surface area contributed by atoms with Gasteiger partial charge in [0.15, 0.2) is 0 Å². The Morgan fingerprint density at radius 3 is 1.53 bits per heavy atom. The number of nitrogens with zero attached hydrogens (tertiary/aromatic N) is 2. The Kier molecular flexibility index (Phi) is 7.74. The van der Waals surface area contributed by atoms with Gasteiger partial charge in [-0.15, -0.1) is 11.3 Å². The van der Waals surface area contributed by atoms with E-state index in [-0.39, 0.29) is 5.41 Å². The first-order valence-electron chi connectivity index (χ1n) is 20.8. The normalized spacial score (nSPS) is 18.8. The average molecular weight is 763 g/mol. The summed E-state index contributed by atoms with van der Waals surface area (Å²) in [5, 5.41) is 2.67. The Labute approximate surface area is 344 Å². The summed E-state index contributed by atoms with van der Waals surface area (Å²) in [5.41, 5.74) is 15.8. The van der Waals surface area contributed by atoms with Gasteiger partial charge >= 0.3 is 0 Å². The van der Waals surface area contributed by atoms with Crippen molar-refractivity contribution in [1.29, 1.82) is 0 Å². The average Bonchev–Trinajstić information content (AvgIpc) is 4.02. The number of hydrogen-bond donors (Lipinski definition) is 0. The summed E-state index contributed by atoms with van der Waals surface area (Å²) in [6.45, 7) is 0. The van der Waals surface area contributed by atoms with Gasteiger partial charge in [0.2, 0.25) is 0 Å². The first kappa shape index (κ1) is 33.7. The molecule has 1 saturated carbocycles. The number of rotatable bonds is 7. The predicted octanol–water partition coefficient (Wildman–Crippen LogP) is 15.1. The smallest absolute Gasteiger partial charge is 0.0505 e. The lowest BCUT2D eigenvalue weighted by atomic mass is 9.68. The van der Waals surface area contributed by atoms with Gasteiger partial charge < -0.3 is 9.80 Å². The van der Waals surface area contributed by atoms with Crippen LogP contribution in [0.2, 0.25) is 0 Å². The topological polar surface area (TPSA) is 6.48 Å². The molecular weight excluding hydrogens is 721 g/mol. The molecule has 9 aromatic rings. The molecule has 0 N–H and O–H groups in total. The maximum absolute atomic E-state index is 2.58. The van der Waals surface area contributed by atoms with Crippen molar-refractivity contribution in [1.82, 2.24) is 0 Å². The molecule has 0 radical (unpaired) electrons. The lowest BCUT2D eigenvalue weighted by molar-refractivity contribution is 0.350. The van der Waals surface area contributed by atoms with Crippen molar-refractivity contribution in [3.05, 3.63) is 216 Å². The van der Waals surface area contributed by atoms with E-state index in [4.69, 9.17) is 0 Å². The highest BCUT2D eigenvalue weighted by Gasteiger charge is 2.62. The number of thiophene rings is 1. The molecule has 0 saturated heterocycles. The van der Waals surface area contributed by atoms with Crippen molar-refractivity contribution in [2.75, 3.05) is 9.80 Å². The largest absolute Gasteiger partial charge is 0.310 e. The minimum Gasteiger partial charge on any atom is -0.310 e. The molecule has 0 bridgehead atoms. The van der Waals surface area contributed by atoms with E-state index < -0.39 is 0 Å². The molecule has 12 rings (SSSR count). The molecule has 278 valence electrons. The van der Waals surface area contributed by atoms with Gasteiger partial charge in [-0.3, -0.25) is 0 Å². The van der Waals surface area contributed by atoms with Gasteiger partial charge in [0.05, 0.1) is 11.4 Å². The molecule has 3 aliphatic rings. The van der Waals surface area contributed by atoms with Crippen molar-refractivity contribution in [3.63, 3.8) is 0 Å². The van der Waals surface area contributed by atoms with Crippen molar-refractivity contribution in [3.8, 4) is 11.1 Å². The minimum atomic E-state index is -0.114. The molecule has 1 fully saturated rings. The molecule has 0 amide bonds. The van der Waals surface area contributed by atoms with Crippen LogP contribution in [-0.2, 0) is 18.3 Å². The van der Waals surface area contributed by atoms with Crippen LogP contribution in [-0.4, -0.2) is 0 Å². The second kappa shape index (κ2) is 13.3. The molecule has 3 aliphatic carbocycles. The maximum atomic E-state index is 2.58. The van der Waals surface area contributed by atoms with Crippen LogP contribution in [0, 0.1) is 11.8 Å². The van der Waals surface area contributed by atoms with Crippen LogP contribution in [0.4, 0.5) is 34.1 Å². The zero-order chi connectivity index (χ0) is 38.2. The van der Waals surface area contributed by atoms with E-state index in [1.165, 1.54) is 95.0 Å². The van der Waals surface area contributed by atoms with Crippen LogP contribution < -0.4 is 9.80 Å². The van der Waals surface area contributed by atoms with Crippen molar-refractivity contribution < 1.29 is 0 Å². The lowest BCUT2D eigenvalue weighted by Crippen LogP contribution is -2.34. The molecule has 1 aromatic heterocycles. The molecule has 8 aromatic carbocycles. The van der Waals surface area contributed by atoms with Crippen LogP contribution in [0.15, 0.2) is 194 Å². The Morgan fingerprint density at radius 1 is 0.397 bits per heavy atom. The van der Waals surface area contributed by atoms with E-state index in [2.05, 4.69) is 204 Å². The van der Waals surface area contributed by atoms with Gasteiger partial charge in [-0.2, -0.15) is 0 Å². The SMILES string of the molecule is c1ccc(-c2cccc(N(c3ccccc3)c3cccc4c3C35c6c(cccc6N(c6ccccc6)c6ccc7c(c6)sc6ccccc67)CC3CCC5C4)c2)cc1. The summed E-state index contributed by atoms with van der Waals surface area (Å²) in [6.07, 6.45) is 4.72. The Hall–Kier alpha value is -6.42. The van der Waals surface area contributed by atoms with Gasteiger partial charge in [0.25, 0.3) is 0 Å². The van der Waals surface area contributed by atoms with Crippen LogP contribution in [0.5, 0.6) is 0 Å². The zero-order valence-electron chi connectivity index (χ0n) is 32.3. The quantitative estimate of drug-likeness (QED) is 0.160. The molecule has 58 heavy (non-hydrogen) atoms. The lowest BCUT2D eigenvalue weighted by Gasteiger charge is -2.40. The highest BCUT2D eigenvalue weighted by atomic mass is 32.1. The third-order valence-electron chi connectivity index (χ3n) is 13.5. The molecular formula is C55H42N2S. The van der Waals surface area contributed by atoms with E-state index in [0.717, 1.165) is 12.8 Å². The second-order valence-corrected chi connectivity index (χ2v) is 17.5. The number of para-hydroxylation sites is 2. The van der Waals surface area contributed by atoms with Crippen molar-refractivity contribution in [2.45, 2.75) is 31.1 Å². The number of hydrogen-bond acceptors (Lipinski definition) is 3. The number of anilines is 6. The summed E-state index contributed by atoms with van der Waals surface area (Å²) in [7, 11) is 0. The molecule has 3 atom stereocenters. The predicted molar refractivity (Wildman–Crippen MR) is 245 cm³/mol. The second-order valence-electron chi connectivity index (χ2n) is 16.4. The fraction of sp³-hybridized carbons (Fsp3) is 0.127. The third kappa shape index (κ3) is 5.03. The van der Waals surface area contributed by atoms with Crippen LogP contribution in [0.1, 0.15) is 35.1 Å². The highest BCUT2D eigenvalue weighted by molar-refractivity contribution is 7.25. The molecule has 2 nitrogen and oxygen atoms in total. The zero-order valence-corrected chi connectivity index (χ0v) is 33.1. The van der Waals surface area contributed by atoms with E-state index in [0.29, 0.717) is 11.8 Å². The standard InChI is InChI=1S/C55H42N2S/c1-4-15-37(16-5-1)38-17-12-24-45(35-38)56(43-20-6-2-7-21-43)49-26-13-18-39-33-41-29-30-42-34-40-19-14-27-50(54(40)55(41,42)53(39)49)57(44-22-8-3-9-23-44)46-31-32-48-47-25-10-11-28-51(47)58-52(48)36-46/h1-28,31-32,35-36,41-42H,29-30,33-34H2. The van der Waals surface area contributed by atoms with Crippen molar-refractivity contribution >= 4 is 65.6 Å². The van der Waals surface area contributed by atoms with E-state index in [1.54, 1.807) is 5.56 Å². The summed E-state index contributed by atoms with van der Waals surface area (Å²) in [4.78, 5) is 5.14. The summed E-state index contributed by atoms with van der Waals surface area (Å²) in [6, 6.07) is 72.4. The Balaban J connectivity index is 1.09. The third-order valence-corrected chi connectivity index (χ3v) is 14.6. The van der Waals surface area contributed by atoms with Crippen LogP contribution >= 0.6 is 11.3 Å².